The molecule has 2 rings (SSSR count). The lowest BCUT2D eigenvalue weighted by atomic mass is 10.1. The fourth-order valence-corrected chi connectivity index (χ4v) is 2.73. The van der Waals surface area contributed by atoms with Gasteiger partial charge in [-0.25, -0.2) is 0 Å². The highest BCUT2D eigenvalue weighted by Crippen LogP contribution is 2.30. The van der Waals surface area contributed by atoms with Gasteiger partial charge in [0.1, 0.15) is 0 Å². The number of alkyl halides is 1. The third kappa shape index (κ3) is 2.44. The summed E-state index contributed by atoms with van der Waals surface area (Å²) in [6, 6.07) is 5.58. The van der Waals surface area contributed by atoms with Crippen LogP contribution in [-0.4, -0.2) is 17.3 Å². The molecule has 0 bridgehead atoms. The van der Waals surface area contributed by atoms with Gasteiger partial charge in [-0.2, -0.15) is 0 Å². The zero-order valence-corrected chi connectivity index (χ0v) is 12.3. The summed E-state index contributed by atoms with van der Waals surface area (Å²) in [6.07, 6.45) is 1.91. The monoisotopic (exact) mass is 365 g/mol. The molecule has 1 aliphatic heterocycles. The highest BCUT2D eigenvalue weighted by Gasteiger charge is 2.27. The quantitative estimate of drug-likeness (QED) is 0.687. The summed E-state index contributed by atoms with van der Waals surface area (Å²) >= 11 is 12.7. The Morgan fingerprint density at radius 2 is 2.19 bits per heavy atom. The topological polar surface area (TPSA) is 20.3 Å². The summed E-state index contributed by atoms with van der Waals surface area (Å²) in [5.41, 5.74) is 0.863. The maximum atomic E-state index is 11.9. The van der Waals surface area contributed by atoms with Gasteiger partial charge < -0.3 is 4.90 Å². The second kappa shape index (κ2) is 5.07. The van der Waals surface area contributed by atoms with Crippen LogP contribution < -0.4 is 4.90 Å². The van der Waals surface area contributed by atoms with Crippen molar-refractivity contribution in [2.24, 2.45) is 0 Å². The Bertz CT molecular complexity index is 424. The number of hydrogen-bond acceptors (Lipinski definition) is 1. The minimum absolute atomic E-state index is 0.0660. The maximum absolute atomic E-state index is 11.9. The number of halogens is 3. The minimum Gasteiger partial charge on any atom is -0.311 e. The van der Waals surface area contributed by atoms with Crippen molar-refractivity contribution in [1.82, 2.24) is 0 Å². The molecule has 86 valence electrons. The van der Waals surface area contributed by atoms with Crippen LogP contribution in [-0.2, 0) is 4.79 Å². The Balaban J connectivity index is 2.29. The van der Waals surface area contributed by atoms with E-state index in [1.807, 2.05) is 18.2 Å². The van der Waals surface area contributed by atoms with Crippen LogP contribution in [0.1, 0.15) is 12.8 Å². The molecule has 1 aromatic rings. The first-order valence-electron chi connectivity index (χ1n) is 5.00. The van der Waals surface area contributed by atoms with E-state index >= 15 is 0 Å². The summed E-state index contributed by atoms with van der Waals surface area (Å²) in [5.74, 6) is 0.115. The summed E-state index contributed by atoms with van der Waals surface area (Å²) in [6.45, 7) is 0.763. The average molecular weight is 367 g/mol. The fourth-order valence-electron chi connectivity index (χ4n) is 1.74. The first-order chi connectivity index (χ1) is 7.59. The summed E-state index contributed by atoms with van der Waals surface area (Å²) in [7, 11) is 0. The van der Waals surface area contributed by atoms with Gasteiger partial charge in [0.05, 0.1) is 9.85 Å². The molecular weight excluding hydrogens is 357 g/mol. The molecule has 1 aliphatic rings. The second-order valence-corrected chi connectivity index (χ2v) is 6.06. The van der Waals surface area contributed by atoms with Crippen molar-refractivity contribution in [1.29, 1.82) is 0 Å². The molecule has 0 aliphatic carbocycles. The zero-order valence-electron chi connectivity index (χ0n) is 8.42. The third-order valence-corrected chi connectivity index (χ3v) is 4.67. The van der Waals surface area contributed by atoms with E-state index in [2.05, 4.69) is 31.9 Å². The number of piperidine rings is 1. The molecule has 1 fully saturated rings. The van der Waals surface area contributed by atoms with E-state index < -0.39 is 0 Å². The Morgan fingerprint density at radius 3 is 2.88 bits per heavy atom. The van der Waals surface area contributed by atoms with Gasteiger partial charge in [-0.1, -0.05) is 27.5 Å². The minimum atomic E-state index is -0.0660. The first kappa shape index (κ1) is 12.4. The highest BCUT2D eigenvalue weighted by atomic mass is 79.9. The summed E-state index contributed by atoms with van der Waals surface area (Å²) in [5, 5.41) is 0.627. The third-order valence-electron chi connectivity index (χ3n) is 2.59. The van der Waals surface area contributed by atoms with Gasteiger partial charge in [-0.05, 0) is 47.0 Å². The maximum Gasteiger partial charge on any atom is 0.240 e. The predicted molar refractivity (Wildman–Crippen MR) is 73.5 cm³/mol. The number of carbonyl (C=O) groups is 1. The van der Waals surface area contributed by atoms with Gasteiger partial charge in [0.2, 0.25) is 5.91 Å². The van der Waals surface area contributed by atoms with Crippen LogP contribution in [0.3, 0.4) is 0 Å². The van der Waals surface area contributed by atoms with E-state index in [0.717, 1.165) is 29.5 Å². The van der Waals surface area contributed by atoms with Crippen LogP contribution in [0.4, 0.5) is 5.69 Å². The molecule has 0 saturated carbocycles. The molecule has 1 aromatic carbocycles. The van der Waals surface area contributed by atoms with Crippen molar-refractivity contribution in [3.05, 3.63) is 27.7 Å². The number of hydrogen-bond donors (Lipinski definition) is 0. The molecule has 0 aromatic heterocycles. The molecule has 2 nitrogen and oxygen atoms in total. The second-order valence-electron chi connectivity index (χ2n) is 3.70. The number of benzene rings is 1. The van der Waals surface area contributed by atoms with Crippen LogP contribution >= 0.6 is 43.5 Å². The molecular formula is C11H10Br2ClNO. The van der Waals surface area contributed by atoms with Gasteiger partial charge >= 0.3 is 0 Å². The number of amides is 1. The van der Waals surface area contributed by atoms with E-state index in [1.165, 1.54) is 0 Å². The van der Waals surface area contributed by atoms with Crippen molar-refractivity contribution in [3.8, 4) is 0 Å². The fraction of sp³-hybridized carbons (Fsp3) is 0.364. The molecule has 0 N–H and O–H groups in total. The normalized spacial score (nSPS) is 21.3. The van der Waals surface area contributed by atoms with Gasteiger partial charge in [-0.3, -0.25) is 4.79 Å². The molecule has 16 heavy (non-hydrogen) atoms. The van der Waals surface area contributed by atoms with Crippen LogP contribution in [0.25, 0.3) is 0 Å². The highest BCUT2D eigenvalue weighted by molar-refractivity contribution is 9.10. The Morgan fingerprint density at radius 1 is 1.44 bits per heavy atom. The van der Waals surface area contributed by atoms with Gasteiger partial charge in [0, 0.05) is 16.7 Å². The molecule has 1 saturated heterocycles. The lowest BCUT2D eigenvalue weighted by Gasteiger charge is -2.30. The number of carbonyl (C=O) groups excluding carboxylic acids is 1. The molecule has 1 amide bonds. The van der Waals surface area contributed by atoms with Gasteiger partial charge in [-0.15, -0.1) is 0 Å². The lowest BCUT2D eigenvalue weighted by molar-refractivity contribution is -0.118. The standard InChI is InChI=1S/C11H10Br2ClNO/c12-8-4-3-7(6-10(8)14)15-5-1-2-9(13)11(15)16/h3-4,6,9H,1-2,5H2. The zero-order chi connectivity index (χ0) is 11.7. The lowest BCUT2D eigenvalue weighted by Crippen LogP contribution is -2.41. The Kier molecular flexibility index (Phi) is 3.93. The smallest absolute Gasteiger partial charge is 0.240 e. The van der Waals surface area contributed by atoms with Crippen molar-refractivity contribution in [2.75, 3.05) is 11.4 Å². The van der Waals surface area contributed by atoms with E-state index in [4.69, 9.17) is 11.6 Å². The Hall–Kier alpha value is -0.0600. The first-order valence-corrected chi connectivity index (χ1v) is 7.09. The number of nitrogens with zero attached hydrogens (tertiary/aromatic N) is 1. The largest absolute Gasteiger partial charge is 0.311 e. The van der Waals surface area contributed by atoms with Crippen molar-refractivity contribution in [3.63, 3.8) is 0 Å². The van der Waals surface area contributed by atoms with E-state index in [-0.39, 0.29) is 10.7 Å². The molecule has 1 atom stereocenters. The molecule has 0 radical (unpaired) electrons. The van der Waals surface area contributed by atoms with Gasteiger partial charge in [0.15, 0.2) is 0 Å². The van der Waals surface area contributed by atoms with E-state index in [1.54, 1.807) is 4.90 Å². The van der Waals surface area contributed by atoms with Gasteiger partial charge in [0.25, 0.3) is 0 Å². The van der Waals surface area contributed by atoms with Crippen LogP contribution in [0.15, 0.2) is 22.7 Å². The predicted octanol–water partition coefficient (Wildman–Crippen LogP) is 3.99. The van der Waals surface area contributed by atoms with Crippen LogP contribution in [0, 0.1) is 0 Å². The SMILES string of the molecule is O=C1C(Br)CCCN1c1ccc(Br)c(Cl)c1. The van der Waals surface area contributed by atoms with Crippen LogP contribution in [0.5, 0.6) is 0 Å². The summed E-state index contributed by atoms with van der Waals surface area (Å²) in [4.78, 5) is 13.7. The van der Waals surface area contributed by atoms with Crippen molar-refractivity contribution in [2.45, 2.75) is 17.7 Å². The molecule has 5 heteroatoms. The summed E-state index contributed by atoms with van der Waals surface area (Å²) < 4.78 is 0.845. The van der Waals surface area contributed by atoms with Crippen LogP contribution in [0.2, 0.25) is 5.02 Å². The van der Waals surface area contributed by atoms with E-state index in [0.29, 0.717) is 5.02 Å². The van der Waals surface area contributed by atoms with E-state index in [9.17, 15) is 4.79 Å². The average Bonchev–Trinajstić information content (AvgIpc) is 2.26. The molecule has 1 unspecified atom stereocenters. The number of anilines is 1. The molecule has 1 heterocycles. The van der Waals surface area contributed by atoms with Crippen molar-refractivity contribution >= 4 is 55.1 Å². The van der Waals surface area contributed by atoms with Crippen molar-refractivity contribution < 1.29 is 4.79 Å². The molecule has 0 spiro atoms. The Labute approximate surface area is 116 Å². The number of rotatable bonds is 1.